The van der Waals surface area contributed by atoms with Crippen LogP contribution in [0.5, 0.6) is 0 Å². The maximum Gasteiger partial charge on any atom is 0.349 e. The predicted molar refractivity (Wildman–Crippen MR) is 46.4 cm³/mol. The summed E-state index contributed by atoms with van der Waals surface area (Å²) in [5.74, 6) is 0.730. The first-order valence-corrected chi connectivity index (χ1v) is 3.44. The van der Waals surface area contributed by atoms with Gasteiger partial charge in [0.2, 0.25) is 0 Å². The van der Waals surface area contributed by atoms with E-state index in [1.54, 1.807) is 26.2 Å². The highest BCUT2D eigenvalue weighted by atomic mass is 16.1. The molecular formula is C7H10N4O. The molecule has 2 N–H and O–H groups in total. The Morgan fingerprint density at radius 3 is 2.92 bits per heavy atom. The lowest BCUT2D eigenvalue weighted by molar-refractivity contribution is 0.810. The first-order chi connectivity index (χ1) is 5.59. The second-order valence-electron chi connectivity index (χ2n) is 2.43. The van der Waals surface area contributed by atoms with E-state index in [0.29, 0.717) is 11.7 Å². The van der Waals surface area contributed by atoms with Crippen molar-refractivity contribution >= 4 is 11.7 Å². The van der Waals surface area contributed by atoms with Crippen LogP contribution in [0.3, 0.4) is 0 Å². The number of aliphatic imine (C=N–C) groups is 1. The Kier molecular flexibility index (Phi) is 2.23. The molecule has 64 valence electrons. The van der Waals surface area contributed by atoms with Crippen molar-refractivity contribution in [2.24, 2.45) is 17.8 Å². The van der Waals surface area contributed by atoms with Crippen LogP contribution in [0.15, 0.2) is 22.1 Å². The average Bonchev–Trinajstić information content (AvgIpc) is 1.96. The van der Waals surface area contributed by atoms with E-state index in [2.05, 4.69) is 9.98 Å². The van der Waals surface area contributed by atoms with Gasteiger partial charge in [-0.25, -0.2) is 9.79 Å². The Labute approximate surface area is 69.6 Å². The van der Waals surface area contributed by atoms with Crippen LogP contribution in [0.4, 0.5) is 5.82 Å². The minimum absolute atomic E-state index is 0.336. The molecule has 0 saturated carbocycles. The van der Waals surface area contributed by atoms with Gasteiger partial charge in [-0.1, -0.05) is 0 Å². The lowest BCUT2D eigenvalue weighted by Crippen LogP contribution is -2.18. The maximum atomic E-state index is 11.0. The minimum atomic E-state index is -0.336. The van der Waals surface area contributed by atoms with Gasteiger partial charge in [0, 0.05) is 13.2 Å². The van der Waals surface area contributed by atoms with Crippen LogP contribution in [0, 0.1) is 0 Å². The van der Waals surface area contributed by atoms with Crippen molar-refractivity contribution in [3.63, 3.8) is 0 Å². The van der Waals surface area contributed by atoms with E-state index < -0.39 is 0 Å². The molecule has 0 bridgehead atoms. The topological polar surface area (TPSA) is 73.3 Å². The molecule has 0 aliphatic rings. The molecule has 1 heterocycles. The fourth-order valence-corrected chi connectivity index (χ4v) is 0.699. The van der Waals surface area contributed by atoms with Crippen LogP contribution >= 0.6 is 0 Å². The quantitative estimate of drug-likeness (QED) is 0.463. The number of hydrogen-bond donors (Lipinski definition) is 1. The van der Waals surface area contributed by atoms with Crippen molar-refractivity contribution in [1.82, 2.24) is 9.55 Å². The van der Waals surface area contributed by atoms with Gasteiger partial charge in [0.25, 0.3) is 0 Å². The van der Waals surface area contributed by atoms with Gasteiger partial charge in [-0.15, -0.1) is 0 Å². The predicted octanol–water partition coefficient (Wildman–Crippen LogP) is -0.211. The van der Waals surface area contributed by atoms with Gasteiger partial charge >= 0.3 is 5.69 Å². The molecule has 0 spiro atoms. The molecule has 5 nitrogen and oxygen atoms in total. The summed E-state index contributed by atoms with van der Waals surface area (Å²) in [6.07, 6.45) is 1.59. The molecule has 1 aromatic rings. The minimum Gasteiger partial charge on any atom is -0.387 e. The lowest BCUT2D eigenvalue weighted by Gasteiger charge is -1.95. The summed E-state index contributed by atoms with van der Waals surface area (Å²) in [4.78, 5) is 18.4. The van der Waals surface area contributed by atoms with E-state index in [1.165, 1.54) is 4.57 Å². The molecule has 0 aliphatic heterocycles. The van der Waals surface area contributed by atoms with Crippen LogP contribution in [0.2, 0.25) is 0 Å². The summed E-state index contributed by atoms with van der Waals surface area (Å²) in [5, 5.41) is 0. The molecule has 0 aromatic carbocycles. The molecule has 12 heavy (non-hydrogen) atoms. The molecule has 0 atom stereocenters. The van der Waals surface area contributed by atoms with Crippen molar-refractivity contribution < 1.29 is 0 Å². The summed E-state index contributed by atoms with van der Waals surface area (Å²) in [7, 11) is 1.62. The molecule has 1 aromatic heterocycles. The maximum absolute atomic E-state index is 11.0. The molecule has 0 amide bonds. The number of aryl methyl sites for hydroxylation is 1. The summed E-state index contributed by atoms with van der Waals surface area (Å²) in [6.45, 7) is 1.64. The average molecular weight is 166 g/mol. The molecule has 0 unspecified atom stereocenters. The second kappa shape index (κ2) is 3.17. The third-order valence-corrected chi connectivity index (χ3v) is 1.25. The van der Waals surface area contributed by atoms with Crippen molar-refractivity contribution in [3.8, 4) is 0 Å². The van der Waals surface area contributed by atoms with Crippen molar-refractivity contribution in [2.45, 2.75) is 6.92 Å². The number of nitrogens with two attached hydrogens (primary N) is 1. The highest BCUT2D eigenvalue weighted by Gasteiger charge is 1.93. The number of nitrogens with zero attached hydrogens (tertiary/aromatic N) is 3. The lowest BCUT2D eigenvalue weighted by atomic mass is 10.6. The van der Waals surface area contributed by atoms with Crippen molar-refractivity contribution in [2.75, 3.05) is 0 Å². The van der Waals surface area contributed by atoms with Gasteiger partial charge in [-0.05, 0) is 13.0 Å². The highest BCUT2D eigenvalue weighted by molar-refractivity contribution is 5.79. The van der Waals surface area contributed by atoms with Gasteiger partial charge in [-0.3, -0.25) is 0 Å². The fourth-order valence-electron chi connectivity index (χ4n) is 0.699. The summed E-state index contributed by atoms with van der Waals surface area (Å²) >= 11 is 0. The van der Waals surface area contributed by atoms with Crippen molar-refractivity contribution in [3.05, 3.63) is 22.7 Å². The zero-order chi connectivity index (χ0) is 9.14. The zero-order valence-electron chi connectivity index (χ0n) is 6.98. The standard InChI is InChI=1S/C7H10N4O/c1-5(8)9-6-3-4-11(2)7(12)10-6/h3-4H,1-2H3,(H2,8,9,10,12). The first kappa shape index (κ1) is 8.45. The summed E-state index contributed by atoms with van der Waals surface area (Å²) < 4.78 is 1.37. The van der Waals surface area contributed by atoms with Gasteiger partial charge in [0.05, 0.1) is 5.84 Å². The molecule has 0 radical (unpaired) electrons. The molecule has 0 saturated heterocycles. The monoisotopic (exact) mass is 166 g/mol. The Bertz CT molecular complexity index is 362. The molecule has 0 fully saturated rings. The number of amidine groups is 1. The van der Waals surface area contributed by atoms with Crippen LogP contribution in [0.1, 0.15) is 6.92 Å². The number of aromatic nitrogens is 2. The third-order valence-electron chi connectivity index (χ3n) is 1.25. The summed E-state index contributed by atoms with van der Waals surface area (Å²) in [5.41, 5.74) is 4.98. The number of hydrogen-bond acceptors (Lipinski definition) is 3. The van der Waals surface area contributed by atoms with E-state index in [0.717, 1.165) is 0 Å². The van der Waals surface area contributed by atoms with E-state index in [9.17, 15) is 4.79 Å². The largest absolute Gasteiger partial charge is 0.387 e. The van der Waals surface area contributed by atoms with E-state index in [-0.39, 0.29) is 5.69 Å². The first-order valence-electron chi connectivity index (χ1n) is 3.44. The van der Waals surface area contributed by atoms with Gasteiger partial charge in [0.1, 0.15) is 0 Å². The van der Waals surface area contributed by atoms with Gasteiger partial charge in [-0.2, -0.15) is 4.98 Å². The van der Waals surface area contributed by atoms with Crippen LogP contribution < -0.4 is 11.4 Å². The Hall–Kier alpha value is -1.65. The van der Waals surface area contributed by atoms with E-state index >= 15 is 0 Å². The molecule has 5 heteroatoms. The second-order valence-corrected chi connectivity index (χ2v) is 2.43. The molecular weight excluding hydrogens is 156 g/mol. The third kappa shape index (κ3) is 1.91. The van der Waals surface area contributed by atoms with Crippen LogP contribution in [-0.2, 0) is 7.05 Å². The molecule has 1 rings (SSSR count). The summed E-state index contributed by atoms with van der Waals surface area (Å²) in [6, 6.07) is 1.62. The van der Waals surface area contributed by atoms with E-state index in [1.807, 2.05) is 0 Å². The van der Waals surface area contributed by atoms with Crippen LogP contribution in [-0.4, -0.2) is 15.4 Å². The Morgan fingerprint density at radius 1 is 1.75 bits per heavy atom. The van der Waals surface area contributed by atoms with E-state index in [4.69, 9.17) is 5.73 Å². The Balaban J connectivity index is 3.14. The number of rotatable bonds is 1. The fraction of sp³-hybridized carbons (Fsp3) is 0.286. The highest BCUT2D eigenvalue weighted by Crippen LogP contribution is 2.01. The smallest absolute Gasteiger partial charge is 0.349 e. The van der Waals surface area contributed by atoms with Gasteiger partial charge in [0.15, 0.2) is 5.82 Å². The SMILES string of the molecule is CC(N)=Nc1ccn(C)c(=O)n1. The normalized spacial score (nSPS) is 11.7. The molecule has 0 aliphatic carbocycles. The van der Waals surface area contributed by atoms with Crippen LogP contribution in [0.25, 0.3) is 0 Å². The zero-order valence-corrected chi connectivity index (χ0v) is 6.98. The van der Waals surface area contributed by atoms with Crippen molar-refractivity contribution in [1.29, 1.82) is 0 Å². The van der Waals surface area contributed by atoms with Gasteiger partial charge < -0.3 is 10.3 Å². The Morgan fingerprint density at radius 2 is 2.42 bits per heavy atom.